The highest BCUT2D eigenvalue weighted by molar-refractivity contribution is 7.80. The van der Waals surface area contributed by atoms with Crippen LogP contribution in [0.3, 0.4) is 0 Å². The maximum absolute atomic E-state index is 5.74. The van der Waals surface area contributed by atoms with Gasteiger partial charge < -0.3 is 10.2 Å². The second-order valence-electron chi connectivity index (χ2n) is 6.84. The van der Waals surface area contributed by atoms with Crippen molar-refractivity contribution >= 4 is 17.3 Å². The molecule has 108 valence electrons. The predicted octanol–water partition coefficient (Wildman–Crippen LogP) is 3.70. The molecule has 1 saturated heterocycles. The second-order valence-corrected chi connectivity index (χ2v) is 7.22. The molecular weight excluding hydrogens is 252 g/mol. The van der Waals surface area contributed by atoms with E-state index in [1.807, 2.05) is 0 Å². The maximum Gasteiger partial charge on any atom is 0.169 e. The molecule has 3 rings (SSSR count). The van der Waals surface area contributed by atoms with Crippen molar-refractivity contribution in [3.05, 3.63) is 0 Å². The molecule has 3 aliphatic rings. The number of fused-ring (bicyclic) bond motifs is 2. The van der Waals surface area contributed by atoms with Crippen LogP contribution in [0, 0.1) is 11.8 Å². The monoisotopic (exact) mass is 280 g/mol. The van der Waals surface area contributed by atoms with Gasteiger partial charge in [0, 0.05) is 18.6 Å². The smallest absolute Gasteiger partial charge is 0.169 e. The Bertz CT molecular complexity index is 331. The summed E-state index contributed by atoms with van der Waals surface area (Å²) >= 11 is 5.74. The van der Waals surface area contributed by atoms with Gasteiger partial charge in [-0.3, -0.25) is 0 Å². The quantitative estimate of drug-likeness (QED) is 0.776. The molecule has 0 amide bonds. The largest absolute Gasteiger partial charge is 0.360 e. The molecule has 1 aliphatic heterocycles. The molecule has 1 N–H and O–H groups in total. The molecule has 0 aromatic rings. The molecule has 4 unspecified atom stereocenters. The Morgan fingerprint density at radius 1 is 1.16 bits per heavy atom. The molecule has 4 atom stereocenters. The molecule has 3 fully saturated rings. The van der Waals surface area contributed by atoms with E-state index in [1.54, 1.807) is 0 Å². The lowest BCUT2D eigenvalue weighted by Gasteiger charge is -2.35. The summed E-state index contributed by atoms with van der Waals surface area (Å²) in [6, 6.07) is 1.37. The Hall–Kier alpha value is -0.310. The van der Waals surface area contributed by atoms with Gasteiger partial charge >= 0.3 is 0 Å². The van der Waals surface area contributed by atoms with Crippen LogP contribution in [0.15, 0.2) is 0 Å². The minimum Gasteiger partial charge on any atom is -0.360 e. The van der Waals surface area contributed by atoms with E-state index in [1.165, 1.54) is 64.3 Å². The highest BCUT2D eigenvalue weighted by atomic mass is 32.1. The van der Waals surface area contributed by atoms with Crippen molar-refractivity contribution in [2.24, 2.45) is 11.8 Å². The van der Waals surface area contributed by atoms with Crippen molar-refractivity contribution < 1.29 is 0 Å². The summed E-state index contributed by atoms with van der Waals surface area (Å²) < 4.78 is 0. The molecule has 0 aromatic heterocycles. The van der Waals surface area contributed by atoms with E-state index in [-0.39, 0.29) is 0 Å². The number of nitrogens with zero attached hydrogens (tertiary/aromatic N) is 1. The van der Waals surface area contributed by atoms with Crippen molar-refractivity contribution in [2.75, 3.05) is 6.54 Å². The predicted molar refractivity (Wildman–Crippen MR) is 84.2 cm³/mol. The molecule has 0 aromatic carbocycles. The molecule has 2 bridgehead atoms. The normalized spacial score (nSPS) is 38.3. The van der Waals surface area contributed by atoms with Gasteiger partial charge in [-0.05, 0) is 62.6 Å². The van der Waals surface area contributed by atoms with Crippen LogP contribution in [0.5, 0.6) is 0 Å². The second kappa shape index (κ2) is 5.99. The topological polar surface area (TPSA) is 15.3 Å². The lowest BCUT2D eigenvalue weighted by Crippen LogP contribution is -2.50. The maximum atomic E-state index is 5.74. The Labute approximate surface area is 123 Å². The van der Waals surface area contributed by atoms with Crippen LogP contribution >= 0.6 is 12.2 Å². The van der Waals surface area contributed by atoms with Gasteiger partial charge in [0.1, 0.15) is 0 Å². The Kier molecular flexibility index (Phi) is 4.30. The average molecular weight is 280 g/mol. The third kappa shape index (κ3) is 2.91. The highest BCUT2D eigenvalue weighted by Gasteiger charge is 2.40. The standard InChI is InChI=1S/C16H28N2S/c1-2-14-6-4-3-5-9-18(14)16(19)17-15-11-12-7-8-13(15)10-12/h12-15H,2-11H2,1H3,(H,17,19). The fraction of sp³-hybridized carbons (Fsp3) is 0.938. The summed E-state index contributed by atoms with van der Waals surface area (Å²) in [5.74, 6) is 1.91. The summed E-state index contributed by atoms with van der Waals surface area (Å²) in [6.45, 7) is 3.48. The molecular formula is C16H28N2S. The summed E-state index contributed by atoms with van der Waals surface area (Å²) in [6.07, 6.45) is 12.4. The summed E-state index contributed by atoms with van der Waals surface area (Å²) in [4.78, 5) is 2.51. The fourth-order valence-electron chi connectivity index (χ4n) is 4.53. The third-order valence-corrected chi connectivity index (χ3v) is 6.01. The van der Waals surface area contributed by atoms with Crippen LogP contribution in [-0.4, -0.2) is 28.6 Å². The summed E-state index contributed by atoms with van der Waals surface area (Å²) in [5, 5.41) is 4.79. The first-order valence-electron chi connectivity index (χ1n) is 8.35. The minimum absolute atomic E-state index is 0.682. The number of nitrogens with one attached hydrogen (secondary N) is 1. The van der Waals surface area contributed by atoms with Gasteiger partial charge in [0.15, 0.2) is 5.11 Å². The van der Waals surface area contributed by atoms with E-state index >= 15 is 0 Å². The van der Waals surface area contributed by atoms with E-state index in [4.69, 9.17) is 12.2 Å². The number of thiocarbonyl (C=S) groups is 1. The van der Waals surface area contributed by atoms with Crippen molar-refractivity contribution in [1.29, 1.82) is 0 Å². The van der Waals surface area contributed by atoms with E-state index in [9.17, 15) is 0 Å². The molecule has 3 heteroatoms. The van der Waals surface area contributed by atoms with E-state index < -0.39 is 0 Å². The fourth-order valence-corrected chi connectivity index (χ4v) is 4.92. The van der Waals surface area contributed by atoms with Gasteiger partial charge in [0.25, 0.3) is 0 Å². The van der Waals surface area contributed by atoms with Crippen LogP contribution in [0.1, 0.15) is 64.7 Å². The molecule has 2 saturated carbocycles. The van der Waals surface area contributed by atoms with Crippen molar-refractivity contribution in [3.8, 4) is 0 Å². The molecule has 1 heterocycles. The summed E-state index contributed by atoms with van der Waals surface area (Å²) in [7, 11) is 0. The summed E-state index contributed by atoms with van der Waals surface area (Å²) in [5.41, 5.74) is 0. The minimum atomic E-state index is 0.682. The van der Waals surface area contributed by atoms with Crippen LogP contribution < -0.4 is 5.32 Å². The lowest BCUT2D eigenvalue weighted by molar-refractivity contribution is 0.290. The highest BCUT2D eigenvalue weighted by Crippen LogP contribution is 2.44. The van der Waals surface area contributed by atoms with Crippen molar-refractivity contribution in [2.45, 2.75) is 76.8 Å². The van der Waals surface area contributed by atoms with Crippen LogP contribution in [-0.2, 0) is 0 Å². The molecule has 2 nitrogen and oxygen atoms in total. The number of likely N-dealkylation sites (tertiary alicyclic amines) is 1. The molecule has 2 aliphatic carbocycles. The van der Waals surface area contributed by atoms with Crippen LogP contribution in [0.25, 0.3) is 0 Å². The zero-order valence-corrected chi connectivity index (χ0v) is 13.1. The zero-order valence-electron chi connectivity index (χ0n) is 12.2. The van der Waals surface area contributed by atoms with E-state index in [0.717, 1.165) is 16.9 Å². The molecule has 19 heavy (non-hydrogen) atoms. The number of rotatable bonds is 2. The van der Waals surface area contributed by atoms with Crippen LogP contribution in [0.2, 0.25) is 0 Å². The van der Waals surface area contributed by atoms with Gasteiger partial charge in [0.2, 0.25) is 0 Å². The Balaban J connectivity index is 1.59. The first-order valence-corrected chi connectivity index (χ1v) is 8.76. The zero-order chi connectivity index (χ0) is 13.2. The third-order valence-electron chi connectivity index (χ3n) is 5.66. The first kappa shape index (κ1) is 13.7. The number of hydrogen-bond donors (Lipinski definition) is 1. The van der Waals surface area contributed by atoms with Crippen molar-refractivity contribution in [3.63, 3.8) is 0 Å². The van der Waals surface area contributed by atoms with Gasteiger partial charge in [0.05, 0.1) is 0 Å². The van der Waals surface area contributed by atoms with E-state index in [0.29, 0.717) is 12.1 Å². The lowest BCUT2D eigenvalue weighted by atomic mass is 9.95. The molecule has 0 radical (unpaired) electrons. The SMILES string of the molecule is CCC1CCCCCN1C(=S)NC1CC2CCC1C2. The van der Waals surface area contributed by atoms with Gasteiger partial charge in [-0.25, -0.2) is 0 Å². The van der Waals surface area contributed by atoms with Gasteiger partial charge in [-0.15, -0.1) is 0 Å². The van der Waals surface area contributed by atoms with E-state index in [2.05, 4.69) is 17.1 Å². The first-order chi connectivity index (χ1) is 9.28. The van der Waals surface area contributed by atoms with Gasteiger partial charge in [-0.1, -0.05) is 26.2 Å². The van der Waals surface area contributed by atoms with Crippen molar-refractivity contribution in [1.82, 2.24) is 10.2 Å². The average Bonchev–Trinajstić information content (AvgIpc) is 2.93. The van der Waals surface area contributed by atoms with Crippen LogP contribution in [0.4, 0.5) is 0 Å². The Morgan fingerprint density at radius 2 is 2.05 bits per heavy atom. The van der Waals surface area contributed by atoms with Gasteiger partial charge in [-0.2, -0.15) is 0 Å². The Morgan fingerprint density at radius 3 is 2.74 bits per heavy atom. The number of hydrogen-bond acceptors (Lipinski definition) is 1. The molecule has 0 spiro atoms.